The van der Waals surface area contributed by atoms with Gasteiger partial charge in [-0.3, -0.25) is 4.79 Å². The lowest BCUT2D eigenvalue weighted by atomic mass is 9.96. The van der Waals surface area contributed by atoms with Crippen LogP contribution in [0, 0.1) is 32.6 Å². The first-order chi connectivity index (χ1) is 12.2. The maximum Gasteiger partial charge on any atom is 0.243 e. The topological polar surface area (TPSA) is 66.5 Å². The number of nitrogens with one attached hydrogen (secondary N) is 1. The number of hydrogen-bond donors (Lipinski definition) is 1. The Morgan fingerprint density at radius 2 is 1.62 bits per heavy atom. The van der Waals surface area contributed by atoms with Crippen LogP contribution in [0.2, 0.25) is 0 Å². The summed E-state index contributed by atoms with van der Waals surface area (Å²) in [5.41, 5.74) is 2.65. The molecule has 1 aliphatic heterocycles. The second-order valence-electron chi connectivity index (χ2n) is 8.04. The highest BCUT2D eigenvalue weighted by molar-refractivity contribution is 7.89. The van der Waals surface area contributed by atoms with Crippen LogP contribution in [-0.2, 0) is 14.8 Å². The molecule has 3 rings (SSSR count). The van der Waals surface area contributed by atoms with Crippen molar-refractivity contribution < 1.29 is 13.2 Å². The quantitative estimate of drug-likeness (QED) is 0.857. The fraction of sp³-hybridized carbons (Fsp3) is 0.650. The summed E-state index contributed by atoms with van der Waals surface area (Å²) in [6.07, 6.45) is 3.58. The summed E-state index contributed by atoms with van der Waals surface area (Å²) < 4.78 is 27.8. The summed E-state index contributed by atoms with van der Waals surface area (Å²) >= 11 is 0. The average Bonchev–Trinajstić information content (AvgIpc) is 3.38. The van der Waals surface area contributed by atoms with Gasteiger partial charge in [0.1, 0.15) is 0 Å². The summed E-state index contributed by atoms with van der Waals surface area (Å²) in [6.45, 7) is 8.57. The van der Waals surface area contributed by atoms with Crippen LogP contribution in [0.4, 0.5) is 0 Å². The number of piperidine rings is 1. The van der Waals surface area contributed by atoms with Crippen LogP contribution in [0.15, 0.2) is 17.0 Å². The van der Waals surface area contributed by atoms with Gasteiger partial charge in [0.05, 0.1) is 4.90 Å². The van der Waals surface area contributed by atoms with E-state index < -0.39 is 10.0 Å². The maximum atomic E-state index is 13.1. The molecule has 1 amide bonds. The van der Waals surface area contributed by atoms with Gasteiger partial charge in [-0.05, 0) is 70.4 Å². The normalized spacial score (nSPS) is 20.8. The van der Waals surface area contributed by atoms with Crippen molar-refractivity contribution in [3.8, 4) is 0 Å². The van der Waals surface area contributed by atoms with E-state index in [-0.39, 0.29) is 17.9 Å². The van der Waals surface area contributed by atoms with Gasteiger partial charge in [0.15, 0.2) is 0 Å². The SMILES string of the molecule is Cc1cc(C)c(S(=O)(=O)N2CCC(C(=O)NC(C)C3CC3)CC2)c(C)c1. The smallest absolute Gasteiger partial charge is 0.243 e. The number of carbonyl (C=O) groups is 1. The molecule has 0 aromatic heterocycles. The third-order valence-electron chi connectivity index (χ3n) is 5.73. The van der Waals surface area contributed by atoms with Crippen molar-refractivity contribution >= 4 is 15.9 Å². The zero-order chi connectivity index (χ0) is 19.1. The number of carbonyl (C=O) groups excluding carboxylic acids is 1. The molecule has 1 aliphatic carbocycles. The van der Waals surface area contributed by atoms with E-state index in [1.54, 1.807) is 4.31 Å². The molecule has 2 fully saturated rings. The molecule has 1 N–H and O–H groups in total. The molecule has 0 radical (unpaired) electrons. The molecular weight excluding hydrogens is 348 g/mol. The van der Waals surface area contributed by atoms with Gasteiger partial charge in [-0.25, -0.2) is 8.42 Å². The Hall–Kier alpha value is -1.40. The molecular formula is C20H30N2O3S. The predicted octanol–water partition coefficient (Wildman–Crippen LogP) is 2.93. The first-order valence-corrected chi connectivity index (χ1v) is 11.0. The molecule has 1 aromatic carbocycles. The molecule has 1 heterocycles. The molecule has 6 heteroatoms. The van der Waals surface area contributed by atoms with Gasteiger partial charge in [0.2, 0.25) is 15.9 Å². The third kappa shape index (κ3) is 3.96. The van der Waals surface area contributed by atoms with Crippen LogP contribution >= 0.6 is 0 Å². The van der Waals surface area contributed by atoms with Crippen molar-refractivity contribution in [1.29, 1.82) is 0 Å². The minimum absolute atomic E-state index is 0.0807. The van der Waals surface area contributed by atoms with E-state index in [1.165, 1.54) is 12.8 Å². The molecule has 1 aromatic rings. The summed E-state index contributed by atoms with van der Waals surface area (Å²) in [7, 11) is -3.51. The molecule has 1 saturated heterocycles. The van der Waals surface area contributed by atoms with Crippen LogP contribution < -0.4 is 5.32 Å². The van der Waals surface area contributed by atoms with E-state index in [4.69, 9.17) is 0 Å². The monoisotopic (exact) mass is 378 g/mol. The number of sulfonamides is 1. The lowest BCUT2D eigenvalue weighted by Crippen LogP contribution is -2.45. The van der Waals surface area contributed by atoms with Gasteiger partial charge < -0.3 is 5.32 Å². The van der Waals surface area contributed by atoms with E-state index in [1.807, 2.05) is 32.9 Å². The first-order valence-electron chi connectivity index (χ1n) is 9.58. The van der Waals surface area contributed by atoms with E-state index in [0.29, 0.717) is 36.7 Å². The molecule has 0 bridgehead atoms. The van der Waals surface area contributed by atoms with Gasteiger partial charge in [0.25, 0.3) is 0 Å². The Kier molecular flexibility index (Phi) is 5.45. The molecule has 1 saturated carbocycles. The molecule has 2 aliphatic rings. The Labute approximate surface area is 157 Å². The zero-order valence-electron chi connectivity index (χ0n) is 16.2. The second kappa shape index (κ2) is 7.31. The minimum Gasteiger partial charge on any atom is -0.353 e. The molecule has 26 heavy (non-hydrogen) atoms. The second-order valence-corrected chi connectivity index (χ2v) is 9.92. The van der Waals surface area contributed by atoms with E-state index in [9.17, 15) is 13.2 Å². The van der Waals surface area contributed by atoms with Gasteiger partial charge in [-0.15, -0.1) is 0 Å². The molecule has 144 valence electrons. The zero-order valence-corrected chi connectivity index (χ0v) is 17.0. The van der Waals surface area contributed by atoms with Crippen LogP contribution in [0.3, 0.4) is 0 Å². The fourth-order valence-corrected chi connectivity index (χ4v) is 6.00. The highest BCUT2D eigenvalue weighted by atomic mass is 32.2. The standard InChI is InChI=1S/C20H30N2O3S/c1-13-11-14(2)19(15(3)12-13)26(24,25)22-9-7-18(8-10-22)20(23)21-16(4)17-5-6-17/h11-12,16-18H,5-10H2,1-4H3,(H,21,23). The molecule has 1 atom stereocenters. The summed E-state index contributed by atoms with van der Waals surface area (Å²) in [6, 6.07) is 4.07. The van der Waals surface area contributed by atoms with Gasteiger partial charge in [-0.2, -0.15) is 4.31 Å². The Bertz CT molecular complexity index is 768. The predicted molar refractivity (Wildman–Crippen MR) is 102 cm³/mol. The number of amides is 1. The summed E-state index contributed by atoms with van der Waals surface area (Å²) in [5, 5.41) is 3.11. The van der Waals surface area contributed by atoms with Crippen LogP contribution in [0.25, 0.3) is 0 Å². The van der Waals surface area contributed by atoms with Crippen LogP contribution in [0.1, 0.15) is 49.3 Å². The van der Waals surface area contributed by atoms with Crippen molar-refractivity contribution in [2.45, 2.75) is 64.3 Å². The average molecular weight is 379 g/mol. The van der Waals surface area contributed by atoms with Crippen molar-refractivity contribution in [3.63, 3.8) is 0 Å². The summed E-state index contributed by atoms with van der Waals surface area (Å²) in [5.74, 6) is 0.638. The highest BCUT2D eigenvalue weighted by Gasteiger charge is 2.35. The number of aryl methyl sites for hydroxylation is 3. The molecule has 5 nitrogen and oxygen atoms in total. The van der Waals surface area contributed by atoms with Crippen molar-refractivity contribution in [2.75, 3.05) is 13.1 Å². The van der Waals surface area contributed by atoms with E-state index in [0.717, 1.165) is 16.7 Å². The van der Waals surface area contributed by atoms with Crippen molar-refractivity contribution in [3.05, 3.63) is 28.8 Å². The number of benzene rings is 1. The minimum atomic E-state index is -3.51. The van der Waals surface area contributed by atoms with Crippen molar-refractivity contribution in [2.24, 2.45) is 11.8 Å². The van der Waals surface area contributed by atoms with Crippen molar-refractivity contribution in [1.82, 2.24) is 9.62 Å². The Morgan fingerprint density at radius 3 is 2.12 bits per heavy atom. The third-order valence-corrected chi connectivity index (χ3v) is 7.93. The molecule has 1 unspecified atom stereocenters. The van der Waals surface area contributed by atoms with Gasteiger partial charge in [0, 0.05) is 25.0 Å². The largest absolute Gasteiger partial charge is 0.353 e. The molecule has 0 spiro atoms. The van der Waals surface area contributed by atoms with Gasteiger partial charge in [-0.1, -0.05) is 17.7 Å². The van der Waals surface area contributed by atoms with Crippen LogP contribution in [-0.4, -0.2) is 37.8 Å². The lowest BCUT2D eigenvalue weighted by molar-refractivity contribution is -0.126. The van der Waals surface area contributed by atoms with E-state index >= 15 is 0 Å². The fourth-order valence-electron chi connectivity index (χ4n) is 4.12. The Balaban J connectivity index is 1.66. The first kappa shape index (κ1) is 19.4. The number of rotatable bonds is 5. The van der Waals surface area contributed by atoms with E-state index in [2.05, 4.69) is 12.2 Å². The summed E-state index contributed by atoms with van der Waals surface area (Å²) in [4.78, 5) is 12.9. The maximum absolute atomic E-state index is 13.1. The number of hydrogen-bond acceptors (Lipinski definition) is 3. The van der Waals surface area contributed by atoms with Gasteiger partial charge >= 0.3 is 0 Å². The highest BCUT2D eigenvalue weighted by Crippen LogP contribution is 2.33. The lowest BCUT2D eigenvalue weighted by Gasteiger charge is -2.32. The number of nitrogens with zero attached hydrogens (tertiary/aromatic N) is 1. The van der Waals surface area contributed by atoms with Crippen LogP contribution in [0.5, 0.6) is 0 Å². The Morgan fingerprint density at radius 1 is 1.08 bits per heavy atom.